The highest BCUT2D eigenvalue weighted by molar-refractivity contribution is 5.81. The molecule has 18 heavy (non-hydrogen) atoms. The van der Waals surface area contributed by atoms with Gasteiger partial charge in [0.15, 0.2) is 11.5 Å². The average Bonchev–Trinajstić information content (AvgIpc) is 2.28. The van der Waals surface area contributed by atoms with Crippen molar-refractivity contribution in [3.8, 4) is 11.5 Å². The van der Waals surface area contributed by atoms with Gasteiger partial charge < -0.3 is 20.9 Å². The first-order valence-corrected chi connectivity index (χ1v) is 5.85. The van der Waals surface area contributed by atoms with E-state index in [4.69, 9.17) is 10.5 Å². The predicted octanol–water partition coefficient (Wildman–Crippen LogP) is 1.17. The number of phenolic OH excluding ortho intramolecular Hbond substituents is 1. The second-order valence-corrected chi connectivity index (χ2v) is 4.57. The molecule has 0 aliphatic heterocycles. The van der Waals surface area contributed by atoms with Crippen LogP contribution in [0.2, 0.25) is 0 Å². The van der Waals surface area contributed by atoms with Gasteiger partial charge in [0.25, 0.3) is 0 Å². The molecule has 4 N–H and O–H groups in total. The van der Waals surface area contributed by atoms with Crippen molar-refractivity contribution in [2.45, 2.75) is 19.9 Å². The maximum Gasteiger partial charge on any atom is 0.239 e. The van der Waals surface area contributed by atoms with Crippen molar-refractivity contribution in [3.05, 3.63) is 23.8 Å². The number of nitrogens with one attached hydrogen (secondary N) is 1. The number of aromatic hydroxyl groups is 1. The molecule has 0 radical (unpaired) electrons. The van der Waals surface area contributed by atoms with E-state index in [0.29, 0.717) is 23.8 Å². The lowest BCUT2D eigenvalue weighted by atomic mass is 10.0. The maximum atomic E-state index is 11.4. The van der Waals surface area contributed by atoms with Crippen molar-refractivity contribution in [1.29, 1.82) is 0 Å². The van der Waals surface area contributed by atoms with Gasteiger partial charge in [-0.05, 0) is 30.2 Å². The van der Waals surface area contributed by atoms with Gasteiger partial charge in [0.2, 0.25) is 5.91 Å². The van der Waals surface area contributed by atoms with Crippen LogP contribution in [0.1, 0.15) is 25.5 Å². The largest absolute Gasteiger partial charge is 0.504 e. The van der Waals surface area contributed by atoms with Crippen molar-refractivity contribution in [2.75, 3.05) is 13.7 Å². The van der Waals surface area contributed by atoms with Crippen LogP contribution in [0.25, 0.3) is 0 Å². The lowest BCUT2D eigenvalue weighted by molar-refractivity contribution is -0.120. The number of amides is 1. The maximum absolute atomic E-state index is 11.4. The second kappa shape index (κ2) is 6.26. The quantitative estimate of drug-likeness (QED) is 0.709. The number of benzene rings is 1. The van der Waals surface area contributed by atoms with E-state index in [2.05, 4.69) is 5.32 Å². The van der Waals surface area contributed by atoms with E-state index >= 15 is 0 Å². The topological polar surface area (TPSA) is 84.6 Å². The van der Waals surface area contributed by atoms with Crippen LogP contribution in [-0.4, -0.2) is 24.7 Å². The van der Waals surface area contributed by atoms with E-state index in [9.17, 15) is 9.90 Å². The highest BCUT2D eigenvalue weighted by Crippen LogP contribution is 2.28. The standard InChI is InChI=1S/C13H20N2O3/c1-8(2)7-15-12(13(14)17)9-4-5-11(18-3)10(16)6-9/h4-6,8,12,15-16H,7H2,1-3H3,(H2,14,17). The van der Waals surface area contributed by atoms with E-state index in [1.165, 1.54) is 13.2 Å². The lowest BCUT2D eigenvalue weighted by Crippen LogP contribution is -2.35. The first kappa shape index (κ1) is 14.3. The van der Waals surface area contributed by atoms with Crippen LogP contribution < -0.4 is 15.8 Å². The fraction of sp³-hybridized carbons (Fsp3) is 0.462. The van der Waals surface area contributed by atoms with Crippen LogP contribution >= 0.6 is 0 Å². The second-order valence-electron chi connectivity index (χ2n) is 4.57. The van der Waals surface area contributed by atoms with E-state index in [1.54, 1.807) is 12.1 Å². The molecule has 1 aromatic rings. The minimum Gasteiger partial charge on any atom is -0.504 e. The minimum absolute atomic E-state index is 0.00685. The van der Waals surface area contributed by atoms with Gasteiger partial charge in [-0.25, -0.2) is 0 Å². The molecule has 0 bridgehead atoms. The first-order valence-electron chi connectivity index (χ1n) is 5.85. The molecule has 1 atom stereocenters. The van der Waals surface area contributed by atoms with Crippen LogP contribution in [0.15, 0.2) is 18.2 Å². The molecule has 0 fully saturated rings. The average molecular weight is 252 g/mol. The van der Waals surface area contributed by atoms with Gasteiger partial charge >= 0.3 is 0 Å². The summed E-state index contributed by atoms with van der Waals surface area (Å²) in [6, 6.07) is 4.20. The Morgan fingerprint density at radius 3 is 2.61 bits per heavy atom. The zero-order chi connectivity index (χ0) is 13.7. The predicted molar refractivity (Wildman–Crippen MR) is 69.4 cm³/mol. The van der Waals surface area contributed by atoms with E-state index in [1.807, 2.05) is 13.8 Å². The van der Waals surface area contributed by atoms with Crippen molar-refractivity contribution < 1.29 is 14.6 Å². The number of carbonyl (C=O) groups excluding carboxylic acids is 1. The number of phenols is 1. The zero-order valence-corrected chi connectivity index (χ0v) is 10.9. The summed E-state index contributed by atoms with van der Waals surface area (Å²) in [6.07, 6.45) is 0. The summed E-state index contributed by atoms with van der Waals surface area (Å²) >= 11 is 0. The van der Waals surface area contributed by atoms with Gasteiger partial charge in [0.1, 0.15) is 6.04 Å². The summed E-state index contributed by atoms with van der Waals surface area (Å²) in [6.45, 7) is 4.74. The van der Waals surface area contributed by atoms with Crippen LogP contribution in [0, 0.1) is 5.92 Å². The van der Waals surface area contributed by atoms with Crippen molar-refractivity contribution in [2.24, 2.45) is 11.7 Å². The lowest BCUT2D eigenvalue weighted by Gasteiger charge is -2.18. The molecule has 100 valence electrons. The first-order chi connectivity index (χ1) is 8.45. The number of nitrogens with two attached hydrogens (primary N) is 1. The van der Waals surface area contributed by atoms with Crippen LogP contribution in [-0.2, 0) is 4.79 Å². The number of ether oxygens (including phenoxy) is 1. The Morgan fingerprint density at radius 2 is 2.17 bits per heavy atom. The normalized spacial score (nSPS) is 12.4. The minimum atomic E-state index is -0.607. The summed E-state index contributed by atoms with van der Waals surface area (Å²) in [5, 5.41) is 12.8. The van der Waals surface area contributed by atoms with Gasteiger partial charge in [-0.1, -0.05) is 19.9 Å². The zero-order valence-electron chi connectivity index (χ0n) is 10.9. The molecule has 0 heterocycles. The highest BCUT2D eigenvalue weighted by Gasteiger charge is 2.18. The van der Waals surface area contributed by atoms with Crippen molar-refractivity contribution in [3.63, 3.8) is 0 Å². The third-order valence-corrected chi connectivity index (χ3v) is 2.55. The Labute approximate surface area is 107 Å². The van der Waals surface area contributed by atoms with Crippen molar-refractivity contribution in [1.82, 2.24) is 5.32 Å². The van der Waals surface area contributed by atoms with Crippen LogP contribution in [0.3, 0.4) is 0 Å². The van der Waals surface area contributed by atoms with Crippen molar-refractivity contribution >= 4 is 5.91 Å². The summed E-state index contributed by atoms with van der Waals surface area (Å²) in [5.41, 5.74) is 5.99. The molecule has 0 saturated carbocycles. The Kier molecular flexibility index (Phi) is 4.97. The molecule has 0 saturated heterocycles. The Hall–Kier alpha value is -1.75. The molecule has 5 heteroatoms. The van der Waals surface area contributed by atoms with E-state index < -0.39 is 11.9 Å². The number of hydrogen-bond donors (Lipinski definition) is 3. The molecule has 0 aliphatic rings. The summed E-state index contributed by atoms with van der Waals surface area (Å²) < 4.78 is 4.95. The van der Waals surface area contributed by atoms with E-state index in [0.717, 1.165) is 0 Å². The summed E-state index contributed by atoms with van der Waals surface area (Å²) in [7, 11) is 1.47. The summed E-state index contributed by atoms with van der Waals surface area (Å²) in [4.78, 5) is 11.4. The molecular formula is C13H20N2O3. The van der Waals surface area contributed by atoms with Gasteiger partial charge in [0, 0.05) is 0 Å². The molecule has 1 rings (SSSR count). The van der Waals surface area contributed by atoms with E-state index in [-0.39, 0.29) is 5.75 Å². The third kappa shape index (κ3) is 3.63. The Bertz CT molecular complexity index is 419. The van der Waals surface area contributed by atoms with Gasteiger partial charge in [-0.2, -0.15) is 0 Å². The highest BCUT2D eigenvalue weighted by atomic mass is 16.5. The molecule has 0 spiro atoms. The summed E-state index contributed by atoms with van der Waals surface area (Å²) in [5.74, 6) is 0.289. The van der Waals surface area contributed by atoms with Gasteiger partial charge in [-0.3, -0.25) is 4.79 Å². The Morgan fingerprint density at radius 1 is 1.50 bits per heavy atom. The number of carbonyl (C=O) groups is 1. The molecule has 1 amide bonds. The molecular weight excluding hydrogens is 232 g/mol. The van der Waals surface area contributed by atoms with Gasteiger partial charge in [-0.15, -0.1) is 0 Å². The monoisotopic (exact) mass is 252 g/mol. The Balaban J connectivity index is 2.92. The molecule has 1 aromatic carbocycles. The number of hydrogen-bond acceptors (Lipinski definition) is 4. The SMILES string of the molecule is COc1ccc(C(NCC(C)C)C(N)=O)cc1O. The van der Waals surface area contributed by atoms with Crippen LogP contribution in [0.4, 0.5) is 0 Å². The smallest absolute Gasteiger partial charge is 0.239 e. The van der Waals surface area contributed by atoms with Gasteiger partial charge in [0.05, 0.1) is 7.11 Å². The molecule has 0 aromatic heterocycles. The fourth-order valence-electron chi connectivity index (χ4n) is 1.62. The number of methoxy groups -OCH3 is 1. The number of primary amides is 1. The fourth-order valence-corrected chi connectivity index (χ4v) is 1.62. The van der Waals surface area contributed by atoms with Crippen LogP contribution in [0.5, 0.6) is 11.5 Å². The third-order valence-electron chi connectivity index (χ3n) is 2.55. The number of rotatable bonds is 6. The molecule has 0 aliphatic carbocycles. The molecule has 5 nitrogen and oxygen atoms in total. The molecule has 1 unspecified atom stereocenters.